The Kier molecular flexibility index (Phi) is 6.81. The number of aryl methyl sites for hydroxylation is 2. The highest BCUT2D eigenvalue weighted by molar-refractivity contribution is 7.90. The average molecular weight is 553 g/mol. The standard InChI is InChI=1S/C24H23F7N2O3S/c1-13-7-6-8-16-18(13)20(34)33(19(16)32-21(3,4)12-37(5,35)36)17-10-9-15(11-14(17)2)22(25,23(26,27)28)24(29,30)31/h6-11H,12H2,1-5H3. The van der Waals surface area contributed by atoms with E-state index in [0.29, 0.717) is 23.3 Å². The number of halogens is 7. The van der Waals surface area contributed by atoms with Crippen molar-refractivity contribution < 1.29 is 43.9 Å². The van der Waals surface area contributed by atoms with E-state index in [4.69, 9.17) is 0 Å². The molecule has 0 N–H and O–H groups in total. The Morgan fingerprint density at radius 2 is 1.46 bits per heavy atom. The molecule has 0 unspecified atom stereocenters. The van der Waals surface area contributed by atoms with E-state index in [9.17, 15) is 43.9 Å². The Morgan fingerprint density at radius 3 is 1.95 bits per heavy atom. The van der Waals surface area contributed by atoms with Crippen molar-refractivity contribution in [2.75, 3.05) is 16.9 Å². The molecule has 5 nitrogen and oxygen atoms in total. The molecule has 1 amide bonds. The highest BCUT2D eigenvalue weighted by atomic mass is 32.2. The van der Waals surface area contributed by atoms with Crippen molar-refractivity contribution in [3.8, 4) is 0 Å². The van der Waals surface area contributed by atoms with Crippen LogP contribution in [-0.2, 0) is 15.5 Å². The summed E-state index contributed by atoms with van der Waals surface area (Å²) in [7, 11) is -3.53. The van der Waals surface area contributed by atoms with Gasteiger partial charge in [-0.1, -0.05) is 30.3 Å². The summed E-state index contributed by atoms with van der Waals surface area (Å²) in [4.78, 5) is 18.9. The summed E-state index contributed by atoms with van der Waals surface area (Å²) in [5, 5.41) is 0. The van der Waals surface area contributed by atoms with Crippen LogP contribution in [0.4, 0.5) is 36.4 Å². The molecule has 1 heterocycles. The molecular formula is C24H23F7N2O3S. The first-order valence-electron chi connectivity index (χ1n) is 10.8. The monoisotopic (exact) mass is 552 g/mol. The fourth-order valence-corrected chi connectivity index (χ4v) is 5.72. The largest absolute Gasteiger partial charge is 0.435 e. The zero-order valence-electron chi connectivity index (χ0n) is 20.3. The number of carbonyl (C=O) groups is 1. The van der Waals surface area contributed by atoms with Crippen molar-refractivity contribution in [3.63, 3.8) is 0 Å². The van der Waals surface area contributed by atoms with Gasteiger partial charge in [-0.25, -0.2) is 12.8 Å². The zero-order valence-corrected chi connectivity index (χ0v) is 21.2. The van der Waals surface area contributed by atoms with Gasteiger partial charge in [-0.3, -0.25) is 14.7 Å². The lowest BCUT2D eigenvalue weighted by atomic mass is 9.92. The first-order chi connectivity index (χ1) is 16.6. The Hall–Kier alpha value is -2.96. The van der Waals surface area contributed by atoms with E-state index in [0.717, 1.165) is 24.1 Å². The van der Waals surface area contributed by atoms with Crippen LogP contribution in [0, 0.1) is 13.8 Å². The molecule has 2 aromatic carbocycles. The van der Waals surface area contributed by atoms with Crippen molar-refractivity contribution >= 4 is 27.3 Å². The van der Waals surface area contributed by atoms with Gasteiger partial charge >= 0.3 is 18.0 Å². The van der Waals surface area contributed by atoms with E-state index in [1.54, 1.807) is 25.1 Å². The Morgan fingerprint density at radius 1 is 0.892 bits per heavy atom. The number of hydrogen-bond acceptors (Lipinski definition) is 4. The molecule has 37 heavy (non-hydrogen) atoms. The molecule has 0 saturated carbocycles. The lowest BCUT2D eigenvalue weighted by Gasteiger charge is -2.31. The van der Waals surface area contributed by atoms with E-state index in [1.807, 2.05) is 0 Å². The second-order valence-electron chi connectivity index (χ2n) is 9.61. The predicted octanol–water partition coefficient (Wildman–Crippen LogP) is 5.82. The molecule has 3 rings (SSSR count). The topological polar surface area (TPSA) is 66.8 Å². The number of carbonyl (C=O) groups excluding carboxylic acids is 1. The molecule has 0 aliphatic carbocycles. The molecule has 0 radical (unpaired) electrons. The van der Waals surface area contributed by atoms with Gasteiger partial charge in [0, 0.05) is 17.4 Å². The van der Waals surface area contributed by atoms with Crippen LogP contribution in [0.3, 0.4) is 0 Å². The fraction of sp³-hybridized carbons (Fsp3) is 0.417. The van der Waals surface area contributed by atoms with Crippen LogP contribution in [-0.4, -0.2) is 50.1 Å². The molecule has 1 aliphatic heterocycles. The Bertz CT molecular complexity index is 1380. The first kappa shape index (κ1) is 28.6. The molecular weight excluding hydrogens is 529 g/mol. The van der Waals surface area contributed by atoms with Crippen LogP contribution in [0.2, 0.25) is 0 Å². The van der Waals surface area contributed by atoms with Crippen molar-refractivity contribution in [2.24, 2.45) is 4.99 Å². The summed E-state index contributed by atoms with van der Waals surface area (Å²) in [5.41, 5.74) is -7.97. The SMILES string of the molecule is Cc1cc(C(F)(C(F)(F)F)C(F)(F)F)ccc1N1C(=O)c2c(C)cccc2C1=NC(C)(C)CS(C)(=O)=O. The molecule has 202 valence electrons. The number of aliphatic imine (C=N–C) groups is 1. The number of alkyl halides is 7. The maximum atomic E-state index is 14.6. The smallest absolute Gasteiger partial charge is 0.268 e. The lowest BCUT2D eigenvalue weighted by molar-refractivity contribution is -0.348. The Labute approximate surface area is 208 Å². The minimum atomic E-state index is -6.29. The third kappa shape index (κ3) is 5.10. The van der Waals surface area contributed by atoms with Crippen LogP contribution in [0.25, 0.3) is 0 Å². The normalized spacial score (nSPS) is 16.5. The molecule has 0 fully saturated rings. The van der Waals surface area contributed by atoms with Gasteiger partial charge in [0.25, 0.3) is 5.91 Å². The fourth-order valence-electron chi connectivity index (χ4n) is 4.37. The molecule has 0 atom stereocenters. The maximum Gasteiger partial charge on any atom is 0.435 e. The molecule has 0 spiro atoms. The summed E-state index contributed by atoms with van der Waals surface area (Å²) >= 11 is 0. The number of amidine groups is 1. The second-order valence-corrected chi connectivity index (χ2v) is 11.8. The van der Waals surface area contributed by atoms with Gasteiger partial charge in [0.15, 0.2) is 0 Å². The number of amides is 1. The quantitative estimate of drug-likeness (QED) is 0.439. The molecule has 0 aromatic heterocycles. The number of fused-ring (bicyclic) bond motifs is 1. The summed E-state index contributed by atoms with van der Waals surface area (Å²) in [5.74, 6) is -1.12. The number of sulfone groups is 1. The summed E-state index contributed by atoms with van der Waals surface area (Å²) in [6, 6.07) is 6.28. The van der Waals surface area contributed by atoms with Gasteiger partial charge < -0.3 is 0 Å². The van der Waals surface area contributed by atoms with E-state index in [-0.39, 0.29) is 22.6 Å². The highest BCUT2D eigenvalue weighted by Gasteiger charge is 2.73. The minimum Gasteiger partial charge on any atom is -0.268 e. The summed E-state index contributed by atoms with van der Waals surface area (Å²) in [6.45, 7) is 5.75. The van der Waals surface area contributed by atoms with E-state index in [2.05, 4.69) is 4.99 Å². The van der Waals surface area contributed by atoms with Gasteiger partial charge in [-0.05, 0) is 44.9 Å². The van der Waals surface area contributed by atoms with Crippen LogP contribution < -0.4 is 4.90 Å². The molecule has 13 heteroatoms. The van der Waals surface area contributed by atoms with Crippen molar-refractivity contribution in [1.29, 1.82) is 0 Å². The van der Waals surface area contributed by atoms with Crippen molar-refractivity contribution in [1.82, 2.24) is 0 Å². The number of benzene rings is 2. The third-order valence-electron chi connectivity index (χ3n) is 5.78. The number of rotatable bonds is 5. The van der Waals surface area contributed by atoms with Crippen LogP contribution in [0.15, 0.2) is 41.4 Å². The van der Waals surface area contributed by atoms with Crippen LogP contribution in [0.5, 0.6) is 0 Å². The molecule has 1 aliphatic rings. The number of hydrogen-bond donors (Lipinski definition) is 0. The Balaban J connectivity index is 2.25. The molecule has 0 saturated heterocycles. The van der Waals surface area contributed by atoms with E-state index in [1.165, 1.54) is 13.8 Å². The van der Waals surface area contributed by atoms with Crippen molar-refractivity contribution in [3.05, 3.63) is 64.2 Å². The van der Waals surface area contributed by atoms with Gasteiger partial charge in [-0.2, -0.15) is 26.3 Å². The van der Waals surface area contributed by atoms with Crippen LogP contribution in [0.1, 0.15) is 46.5 Å². The average Bonchev–Trinajstić information content (AvgIpc) is 2.96. The highest BCUT2D eigenvalue weighted by Crippen LogP contribution is 2.53. The summed E-state index contributed by atoms with van der Waals surface area (Å²) in [6.07, 6.45) is -11.6. The van der Waals surface area contributed by atoms with E-state index < -0.39 is 50.6 Å². The predicted molar refractivity (Wildman–Crippen MR) is 124 cm³/mol. The van der Waals surface area contributed by atoms with Gasteiger partial charge in [0.2, 0.25) is 0 Å². The van der Waals surface area contributed by atoms with Gasteiger partial charge in [0.05, 0.1) is 22.5 Å². The van der Waals surface area contributed by atoms with E-state index >= 15 is 0 Å². The minimum absolute atomic E-state index is 0.0358. The second kappa shape index (κ2) is 8.81. The number of anilines is 1. The van der Waals surface area contributed by atoms with Gasteiger partial charge in [-0.15, -0.1) is 0 Å². The van der Waals surface area contributed by atoms with Crippen molar-refractivity contribution in [2.45, 2.75) is 51.3 Å². The zero-order chi connectivity index (χ0) is 28.4. The lowest BCUT2D eigenvalue weighted by Crippen LogP contribution is -2.50. The third-order valence-corrected chi connectivity index (χ3v) is 7.01. The number of nitrogens with zero attached hydrogens (tertiary/aromatic N) is 2. The molecule has 2 aromatic rings. The van der Waals surface area contributed by atoms with Crippen LogP contribution >= 0.6 is 0 Å². The maximum absolute atomic E-state index is 14.6. The first-order valence-corrected chi connectivity index (χ1v) is 12.8. The molecule has 0 bridgehead atoms. The summed E-state index contributed by atoms with van der Waals surface area (Å²) < 4.78 is 118. The van der Waals surface area contributed by atoms with Gasteiger partial charge in [0.1, 0.15) is 15.7 Å².